The van der Waals surface area contributed by atoms with Crippen LogP contribution in [0.3, 0.4) is 0 Å². The predicted octanol–water partition coefficient (Wildman–Crippen LogP) is 2.02. The van der Waals surface area contributed by atoms with Gasteiger partial charge in [0.15, 0.2) is 0 Å². The Labute approximate surface area is 163 Å². The molecule has 0 radical (unpaired) electrons. The zero-order chi connectivity index (χ0) is 20.3. The molecule has 3 rings (SSSR count). The molecule has 1 aliphatic heterocycles. The lowest BCUT2D eigenvalue weighted by molar-refractivity contribution is -0.128. The minimum Gasteiger partial charge on any atom is -0.497 e. The number of nitrogens with one attached hydrogen (secondary N) is 1. The maximum absolute atomic E-state index is 12.9. The average Bonchev–Trinajstić information content (AvgIpc) is 3.10. The van der Waals surface area contributed by atoms with Crippen LogP contribution in [0, 0.1) is 0 Å². The van der Waals surface area contributed by atoms with Crippen LogP contribution in [0.2, 0.25) is 0 Å². The van der Waals surface area contributed by atoms with Crippen molar-refractivity contribution in [1.82, 2.24) is 4.31 Å². The van der Waals surface area contributed by atoms with E-state index in [2.05, 4.69) is 5.32 Å². The first kappa shape index (κ1) is 19.7. The lowest BCUT2D eigenvalue weighted by atomic mass is 10.2. The fourth-order valence-corrected chi connectivity index (χ4v) is 4.64. The monoisotopic (exact) mass is 404 g/mol. The molecule has 0 aromatic heterocycles. The van der Waals surface area contributed by atoms with E-state index in [4.69, 9.17) is 9.47 Å². The number of amides is 2. The largest absolute Gasteiger partial charge is 0.497 e. The molecule has 1 atom stereocenters. The van der Waals surface area contributed by atoms with Gasteiger partial charge in [0.1, 0.15) is 17.5 Å². The van der Waals surface area contributed by atoms with E-state index in [0.29, 0.717) is 21.5 Å². The predicted molar refractivity (Wildman–Crippen MR) is 102 cm³/mol. The summed E-state index contributed by atoms with van der Waals surface area (Å²) in [5.41, 5.74) is 0.373. The molecule has 0 aliphatic carbocycles. The summed E-state index contributed by atoms with van der Waals surface area (Å²) in [6, 6.07) is 11.2. The first-order chi connectivity index (χ1) is 13.4. The van der Waals surface area contributed by atoms with Crippen LogP contribution in [0.4, 0.5) is 5.69 Å². The fraction of sp³-hybridized carbons (Fsp3) is 0.263. The van der Waals surface area contributed by atoms with Crippen LogP contribution in [0.1, 0.15) is 12.8 Å². The standard InChI is InChI=1S/C19H20N2O6S/c1-26-14-10-13(11-15(12-14)27-2)20-19(23)17-8-9-18(22)21(17)28(24,25)16-6-4-3-5-7-16/h3-7,10-12,17H,8-9H2,1-2H3,(H,20,23). The SMILES string of the molecule is COc1cc(NC(=O)C2CCC(=O)N2S(=O)(=O)c2ccccc2)cc(OC)c1. The van der Waals surface area contributed by atoms with Gasteiger partial charge in [0.25, 0.3) is 10.0 Å². The van der Waals surface area contributed by atoms with Gasteiger partial charge in [-0.05, 0) is 18.6 Å². The Bertz CT molecular complexity index is 968. The lowest BCUT2D eigenvalue weighted by Gasteiger charge is -2.24. The van der Waals surface area contributed by atoms with E-state index in [1.807, 2.05) is 0 Å². The number of anilines is 1. The van der Waals surface area contributed by atoms with Gasteiger partial charge in [0.05, 0.1) is 19.1 Å². The lowest BCUT2D eigenvalue weighted by Crippen LogP contribution is -2.45. The zero-order valence-electron chi connectivity index (χ0n) is 15.4. The van der Waals surface area contributed by atoms with E-state index in [1.165, 1.54) is 26.4 Å². The maximum Gasteiger partial charge on any atom is 0.267 e. The number of rotatable bonds is 6. The Hall–Kier alpha value is -3.07. The number of methoxy groups -OCH3 is 2. The summed E-state index contributed by atoms with van der Waals surface area (Å²) in [6.45, 7) is 0. The first-order valence-electron chi connectivity index (χ1n) is 8.53. The van der Waals surface area contributed by atoms with Crippen LogP contribution in [0.5, 0.6) is 11.5 Å². The van der Waals surface area contributed by atoms with Crippen molar-refractivity contribution in [2.45, 2.75) is 23.8 Å². The number of nitrogens with zero attached hydrogens (tertiary/aromatic N) is 1. The summed E-state index contributed by atoms with van der Waals surface area (Å²) in [7, 11) is -1.17. The smallest absolute Gasteiger partial charge is 0.267 e. The quantitative estimate of drug-likeness (QED) is 0.790. The maximum atomic E-state index is 12.9. The topological polar surface area (TPSA) is 102 Å². The summed E-state index contributed by atoms with van der Waals surface area (Å²) in [5, 5.41) is 2.65. The Balaban J connectivity index is 1.88. The van der Waals surface area contributed by atoms with Crippen molar-refractivity contribution in [3.05, 3.63) is 48.5 Å². The molecule has 1 fully saturated rings. The minimum atomic E-state index is -4.13. The van der Waals surface area contributed by atoms with Gasteiger partial charge in [-0.3, -0.25) is 9.59 Å². The van der Waals surface area contributed by atoms with Crippen molar-refractivity contribution in [1.29, 1.82) is 0 Å². The minimum absolute atomic E-state index is 0.0222. The highest BCUT2D eigenvalue weighted by Crippen LogP contribution is 2.30. The number of carbonyl (C=O) groups excluding carboxylic acids is 2. The van der Waals surface area contributed by atoms with E-state index in [-0.39, 0.29) is 17.7 Å². The molecule has 0 spiro atoms. The van der Waals surface area contributed by atoms with E-state index in [1.54, 1.807) is 36.4 Å². The van der Waals surface area contributed by atoms with Crippen molar-refractivity contribution in [3.63, 3.8) is 0 Å². The van der Waals surface area contributed by atoms with Crippen molar-refractivity contribution in [3.8, 4) is 11.5 Å². The number of hydrogen-bond acceptors (Lipinski definition) is 6. The second kappa shape index (κ2) is 7.89. The summed E-state index contributed by atoms with van der Waals surface area (Å²) in [5.74, 6) is -0.273. The van der Waals surface area contributed by atoms with Crippen LogP contribution in [0.25, 0.3) is 0 Å². The molecule has 2 aromatic rings. The molecule has 1 saturated heterocycles. The second-order valence-corrected chi connectivity index (χ2v) is 7.97. The van der Waals surface area contributed by atoms with Crippen molar-refractivity contribution in [2.24, 2.45) is 0 Å². The van der Waals surface area contributed by atoms with Crippen molar-refractivity contribution in [2.75, 3.05) is 19.5 Å². The third-order valence-corrected chi connectivity index (χ3v) is 6.23. The van der Waals surface area contributed by atoms with Crippen molar-refractivity contribution < 1.29 is 27.5 Å². The Morgan fingerprint density at radius 2 is 1.68 bits per heavy atom. The van der Waals surface area contributed by atoms with Crippen molar-refractivity contribution >= 4 is 27.5 Å². The summed E-state index contributed by atoms with van der Waals surface area (Å²) in [6.07, 6.45) is 0.0867. The Morgan fingerprint density at radius 3 is 2.25 bits per heavy atom. The Morgan fingerprint density at radius 1 is 1.07 bits per heavy atom. The molecule has 148 valence electrons. The average molecular weight is 404 g/mol. The molecule has 0 saturated carbocycles. The summed E-state index contributed by atoms with van der Waals surface area (Å²) >= 11 is 0. The van der Waals surface area contributed by atoms with Gasteiger partial charge in [-0.1, -0.05) is 18.2 Å². The third-order valence-electron chi connectivity index (χ3n) is 4.38. The van der Waals surface area contributed by atoms with Gasteiger partial charge in [-0.2, -0.15) is 0 Å². The molecule has 1 heterocycles. The third kappa shape index (κ3) is 3.79. The van der Waals surface area contributed by atoms with Gasteiger partial charge in [-0.15, -0.1) is 0 Å². The molecular weight excluding hydrogens is 384 g/mol. The number of ether oxygens (including phenoxy) is 2. The normalized spacial score (nSPS) is 16.7. The number of sulfonamides is 1. The van der Waals surface area contributed by atoms with Crippen LogP contribution >= 0.6 is 0 Å². The highest BCUT2D eigenvalue weighted by molar-refractivity contribution is 7.89. The fourth-order valence-electron chi connectivity index (χ4n) is 3.01. The van der Waals surface area contributed by atoms with Crippen LogP contribution in [0.15, 0.2) is 53.4 Å². The number of benzene rings is 2. The van der Waals surface area contributed by atoms with E-state index < -0.39 is 27.9 Å². The number of hydrogen-bond donors (Lipinski definition) is 1. The molecule has 9 heteroatoms. The molecule has 1 N–H and O–H groups in total. The zero-order valence-corrected chi connectivity index (χ0v) is 16.2. The molecule has 1 unspecified atom stereocenters. The molecule has 2 amide bonds. The highest BCUT2D eigenvalue weighted by atomic mass is 32.2. The number of carbonyl (C=O) groups is 2. The van der Waals surface area contributed by atoms with Crippen LogP contribution < -0.4 is 14.8 Å². The van der Waals surface area contributed by atoms with Gasteiger partial charge in [0, 0.05) is 30.3 Å². The molecule has 8 nitrogen and oxygen atoms in total. The molecule has 28 heavy (non-hydrogen) atoms. The summed E-state index contributed by atoms with van der Waals surface area (Å²) < 4.78 is 36.8. The van der Waals surface area contributed by atoms with Crippen LogP contribution in [-0.4, -0.2) is 44.8 Å². The first-order valence-corrected chi connectivity index (χ1v) is 9.97. The molecule has 1 aliphatic rings. The van der Waals surface area contributed by atoms with Gasteiger partial charge >= 0.3 is 0 Å². The van der Waals surface area contributed by atoms with E-state index >= 15 is 0 Å². The Kier molecular flexibility index (Phi) is 5.55. The molecular formula is C19H20N2O6S. The van der Waals surface area contributed by atoms with E-state index in [9.17, 15) is 18.0 Å². The van der Waals surface area contributed by atoms with E-state index in [0.717, 1.165) is 0 Å². The van der Waals surface area contributed by atoms with Gasteiger partial charge in [-0.25, -0.2) is 12.7 Å². The summed E-state index contributed by atoms with van der Waals surface area (Å²) in [4.78, 5) is 25.1. The van der Waals surface area contributed by atoms with Gasteiger partial charge < -0.3 is 14.8 Å². The second-order valence-electron chi connectivity index (χ2n) is 6.15. The highest BCUT2D eigenvalue weighted by Gasteiger charge is 2.44. The van der Waals surface area contributed by atoms with Gasteiger partial charge in [0.2, 0.25) is 11.8 Å². The molecule has 2 aromatic carbocycles. The molecule has 0 bridgehead atoms. The van der Waals surface area contributed by atoms with Crippen LogP contribution in [-0.2, 0) is 19.6 Å².